The summed E-state index contributed by atoms with van der Waals surface area (Å²) in [7, 11) is 0. The van der Waals surface area contributed by atoms with Crippen LogP contribution in [0, 0.1) is 5.41 Å². The van der Waals surface area contributed by atoms with Gasteiger partial charge in [-0.05, 0) is 20.1 Å². The van der Waals surface area contributed by atoms with Crippen LogP contribution in [0.25, 0.3) is 0 Å². The van der Waals surface area contributed by atoms with E-state index in [0.29, 0.717) is 0 Å². The van der Waals surface area contributed by atoms with Crippen molar-refractivity contribution in [3.05, 3.63) is 0 Å². The maximum Gasteiger partial charge on any atom is 0.407 e. The highest BCUT2D eigenvalue weighted by Crippen LogP contribution is 2.24. The number of amides is 2. The largest absolute Gasteiger partial charge is 0.449 e. The molecule has 106 valence electrons. The molecule has 0 rings (SSSR count). The number of ether oxygens (including phenoxy) is 2. The van der Waals surface area contributed by atoms with Crippen LogP contribution in [-0.4, -0.2) is 31.3 Å². The summed E-state index contributed by atoms with van der Waals surface area (Å²) >= 11 is 0. The van der Waals surface area contributed by atoms with E-state index < -0.39 is 76.9 Å². The van der Waals surface area contributed by atoms with E-state index in [0.717, 1.165) is 0 Å². The Morgan fingerprint density at radius 1 is 1.44 bits per heavy atom. The molecule has 0 aliphatic heterocycles. The fourth-order valence-corrected chi connectivity index (χ4v) is 0.563. The molecule has 6 nitrogen and oxygen atoms in total. The minimum atomic E-state index is -4.94. The van der Waals surface area contributed by atoms with Crippen LogP contribution in [0.3, 0.4) is 0 Å². The number of rotatable bonds is 7. The predicted octanol–water partition coefficient (Wildman–Crippen LogP) is 2.02. The molecule has 0 radical (unpaired) electrons. The van der Waals surface area contributed by atoms with Gasteiger partial charge in [-0.1, -0.05) is 20.1 Å². The average Bonchev–Trinajstić information content (AvgIpc) is 2.52. The van der Waals surface area contributed by atoms with E-state index in [2.05, 4.69) is 15.2 Å². The molecule has 0 aromatic heterocycles. The Balaban J connectivity index is 7.52. The van der Waals surface area contributed by atoms with Gasteiger partial charge in [-0.15, -0.1) is 0 Å². The van der Waals surface area contributed by atoms with Crippen LogP contribution in [0.4, 0.5) is 9.59 Å². The third-order valence-corrected chi connectivity index (χ3v) is 1.11. The van der Waals surface area contributed by atoms with Gasteiger partial charge in [-0.2, -0.15) is 0 Å². The first-order valence-corrected chi connectivity index (χ1v) is 4.13. The van der Waals surface area contributed by atoms with E-state index in [1.54, 1.807) is 0 Å². The summed E-state index contributed by atoms with van der Waals surface area (Å²) in [5.41, 5.74) is -0.262. The van der Waals surface area contributed by atoms with Gasteiger partial charge in [0.2, 0.25) is 0 Å². The molecule has 0 aliphatic carbocycles. The van der Waals surface area contributed by atoms with Crippen LogP contribution in [0.2, 0.25) is 0 Å². The molecule has 6 heteroatoms. The van der Waals surface area contributed by atoms with Gasteiger partial charge in [0, 0.05) is 33.4 Å². The van der Waals surface area contributed by atoms with Crippen LogP contribution in [0.5, 0.6) is 0 Å². The van der Waals surface area contributed by atoms with E-state index in [1.807, 2.05) is 0 Å². The molecular formula is C12H24N2O4. The first-order valence-electron chi connectivity index (χ1n) is 14.1. The summed E-state index contributed by atoms with van der Waals surface area (Å²) in [5.74, 6) is 0. The number of alkyl carbamates (subject to hydrolysis) is 1. The number of nitrogens with two attached hydrogens (primary N) is 1. The van der Waals surface area contributed by atoms with E-state index in [-0.39, 0.29) is 0 Å². The van der Waals surface area contributed by atoms with Crippen molar-refractivity contribution < 1.29 is 46.5 Å². The molecule has 0 aromatic rings. The van der Waals surface area contributed by atoms with Crippen molar-refractivity contribution in [1.29, 1.82) is 0 Å². The van der Waals surface area contributed by atoms with Crippen LogP contribution in [-0.2, 0) is 9.47 Å². The summed E-state index contributed by atoms with van der Waals surface area (Å²) in [6.45, 7) is -25.2. The number of hydrogen-bond acceptors (Lipinski definition) is 4. The molecule has 1 atom stereocenters. The molecule has 1 unspecified atom stereocenters. The number of primary amides is 1. The molecule has 0 saturated carbocycles. The van der Waals surface area contributed by atoms with Gasteiger partial charge in [0.15, 0.2) is 0 Å². The van der Waals surface area contributed by atoms with Crippen molar-refractivity contribution >= 4 is 12.2 Å². The van der Waals surface area contributed by atoms with Crippen LogP contribution >= 0.6 is 0 Å². The van der Waals surface area contributed by atoms with Gasteiger partial charge in [0.25, 0.3) is 0 Å². The van der Waals surface area contributed by atoms with Gasteiger partial charge in [0.1, 0.15) is 13.1 Å². The summed E-state index contributed by atoms with van der Waals surface area (Å²) in [5, 5.41) is 1.20. The normalized spacial score (nSPS) is 36.3. The molecule has 0 aromatic carbocycles. The first kappa shape index (κ1) is 3.16. The van der Waals surface area contributed by atoms with Crippen LogP contribution in [0.15, 0.2) is 0 Å². The highest BCUT2D eigenvalue weighted by Gasteiger charge is 2.27. The SMILES string of the molecule is [2H]C([2H])([2H])C(NC(=O)OC([2H])([2H])C(C([2H])([2H])[2H])(C([2H])([2H])OC(N)=O)C([2H])([2H])C([2H])([2H])C([2H])([2H])[2H])C([2H])([2H])[2H]. The molecule has 2 amide bonds. The van der Waals surface area contributed by atoms with Gasteiger partial charge < -0.3 is 20.5 Å². The summed E-state index contributed by atoms with van der Waals surface area (Å²) in [6, 6.07) is -2.80. The fourth-order valence-electron chi connectivity index (χ4n) is 0.563. The third kappa shape index (κ3) is 7.76. The monoisotopic (exact) mass is 280 g/mol. The average molecular weight is 280 g/mol. The van der Waals surface area contributed by atoms with Crippen molar-refractivity contribution in [2.45, 2.75) is 46.2 Å². The molecule has 0 fully saturated rings. The standard InChI is InChI=1S/C12H24N2O4/c1-5-6-12(4,7-17-10(13)15)8-18-11(16)14-9(2)3/h9H,5-8H2,1-4H3,(H2,13,15)(H,14,16)/i1D3,2D3,3D3,4D3,5D2,6D2,7D2,8D2. The van der Waals surface area contributed by atoms with Crippen molar-refractivity contribution in [3.8, 4) is 0 Å². The highest BCUT2D eigenvalue weighted by atomic mass is 16.6. The zero-order valence-electron chi connectivity index (χ0n) is 28.8. The quantitative estimate of drug-likeness (QED) is 0.746. The van der Waals surface area contributed by atoms with E-state index in [1.165, 1.54) is 5.32 Å². The van der Waals surface area contributed by atoms with E-state index >= 15 is 0 Å². The summed E-state index contributed by atoms with van der Waals surface area (Å²) < 4.78 is 161. The summed E-state index contributed by atoms with van der Waals surface area (Å²) in [4.78, 5) is 23.8. The van der Waals surface area contributed by atoms with Gasteiger partial charge in [-0.25, -0.2) is 9.59 Å². The Morgan fingerprint density at radius 3 is 2.72 bits per heavy atom. The van der Waals surface area contributed by atoms with Crippen molar-refractivity contribution in [3.63, 3.8) is 0 Å². The molecular weight excluding hydrogens is 236 g/mol. The van der Waals surface area contributed by atoms with Crippen molar-refractivity contribution in [1.82, 2.24) is 5.32 Å². The lowest BCUT2D eigenvalue weighted by Gasteiger charge is -2.27. The topological polar surface area (TPSA) is 90.7 Å². The number of hydrogen-bond donors (Lipinski definition) is 2. The minimum absolute atomic E-state index is 1.20. The summed E-state index contributed by atoms with van der Waals surface area (Å²) in [6.07, 6.45) is -14.0. The second-order valence-corrected chi connectivity index (χ2v) is 2.59. The minimum Gasteiger partial charge on any atom is -0.449 e. The number of nitrogens with one attached hydrogen (secondary N) is 1. The Morgan fingerprint density at radius 2 is 2.17 bits per heavy atom. The van der Waals surface area contributed by atoms with E-state index in [4.69, 9.17) is 27.4 Å². The molecule has 0 bridgehead atoms. The van der Waals surface area contributed by atoms with Crippen molar-refractivity contribution in [2.24, 2.45) is 11.1 Å². The van der Waals surface area contributed by atoms with Gasteiger partial charge in [0.05, 0.1) is 5.48 Å². The Labute approximate surface area is 136 Å². The predicted molar refractivity (Wildman–Crippen MR) is 68.2 cm³/mol. The number of carbonyl (C=O) groups is 2. The zero-order chi connectivity index (χ0) is 31.4. The van der Waals surface area contributed by atoms with E-state index in [9.17, 15) is 9.59 Å². The molecule has 18 heavy (non-hydrogen) atoms. The zero-order valence-corrected chi connectivity index (χ0v) is 8.79. The first-order chi connectivity index (χ1) is 16.1. The second-order valence-electron chi connectivity index (χ2n) is 2.59. The third-order valence-electron chi connectivity index (χ3n) is 1.11. The smallest absolute Gasteiger partial charge is 0.407 e. The Hall–Kier alpha value is -1.46. The lowest BCUT2D eigenvalue weighted by molar-refractivity contribution is 0.0333. The second kappa shape index (κ2) is 7.79. The maximum atomic E-state index is 12.4. The molecule has 3 N–H and O–H groups in total. The molecule has 0 heterocycles. The fraction of sp³-hybridized carbons (Fsp3) is 0.833. The molecule has 0 aliphatic rings. The molecule has 0 saturated heterocycles. The molecule has 0 spiro atoms. The highest BCUT2D eigenvalue weighted by molar-refractivity contribution is 5.67. The lowest BCUT2D eigenvalue weighted by atomic mass is 9.87. The number of carbonyl (C=O) groups excluding carboxylic acids is 2. The Bertz CT molecular complexity index is 872. The maximum absolute atomic E-state index is 12.4. The van der Waals surface area contributed by atoms with Gasteiger partial charge >= 0.3 is 12.2 Å². The Kier molecular flexibility index (Phi) is 1.37. The van der Waals surface area contributed by atoms with Crippen molar-refractivity contribution in [2.75, 3.05) is 13.1 Å². The van der Waals surface area contributed by atoms with Crippen LogP contribution < -0.4 is 11.1 Å². The van der Waals surface area contributed by atoms with Crippen LogP contribution in [0.1, 0.15) is 67.6 Å². The lowest BCUT2D eigenvalue weighted by Crippen LogP contribution is -2.37. The van der Waals surface area contributed by atoms with Gasteiger partial charge in [-0.3, -0.25) is 0 Å².